The summed E-state index contributed by atoms with van der Waals surface area (Å²) in [5, 5.41) is 0. The summed E-state index contributed by atoms with van der Waals surface area (Å²) in [6.45, 7) is 2.06. The van der Waals surface area contributed by atoms with Gasteiger partial charge in [0.1, 0.15) is 0 Å². The van der Waals surface area contributed by atoms with E-state index in [0.29, 0.717) is 6.42 Å². The lowest BCUT2D eigenvalue weighted by Crippen LogP contribution is -1.97. The zero-order valence-corrected chi connectivity index (χ0v) is 10.3. The van der Waals surface area contributed by atoms with Gasteiger partial charge in [-0.3, -0.25) is 14.1 Å². The van der Waals surface area contributed by atoms with E-state index in [9.17, 15) is 14.2 Å². The fourth-order valence-corrected chi connectivity index (χ4v) is 1.13. The third kappa shape index (κ3) is 11.2. The Balaban J connectivity index is 0.000000302. The zero-order valence-electron chi connectivity index (χ0n) is 9.41. The van der Waals surface area contributed by atoms with E-state index >= 15 is 0 Å². The molecule has 1 aliphatic rings. The zero-order chi connectivity index (χ0) is 13.3. The molecule has 0 atom stereocenters. The van der Waals surface area contributed by atoms with Crippen molar-refractivity contribution in [1.29, 1.82) is 0 Å². The highest BCUT2D eigenvalue weighted by Gasteiger charge is 2.11. The number of hydrogen-bond donors (Lipinski definition) is 2. The van der Waals surface area contributed by atoms with E-state index in [2.05, 4.69) is 4.52 Å². The Kier molecular flexibility index (Phi) is 7.58. The standard InChI is InChI=1S/C6H4O2.C4H11O4P/c7-5-1-2-6(8)4-3-5;1-2-3-4-8-9(5,6)7/h1-4H;2-4H2,1H3,(H2,5,6,7). The predicted octanol–water partition coefficient (Wildman–Crippen LogP) is 1.15. The molecule has 0 fully saturated rings. The van der Waals surface area contributed by atoms with Gasteiger partial charge in [0.2, 0.25) is 0 Å². The Morgan fingerprint density at radius 1 is 1.12 bits per heavy atom. The maximum absolute atomic E-state index is 10.3. The van der Waals surface area contributed by atoms with E-state index in [1.54, 1.807) is 0 Å². The summed E-state index contributed by atoms with van der Waals surface area (Å²) in [4.78, 5) is 36.8. The number of rotatable bonds is 4. The minimum atomic E-state index is -4.20. The number of carbonyl (C=O) groups is 2. The number of hydrogen-bond acceptors (Lipinski definition) is 4. The van der Waals surface area contributed by atoms with Crippen LogP contribution >= 0.6 is 7.82 Å². The number of allylic oxidation sites excluding steroid dienone is 4. The summed E-state index contributed by atoms with van der Waals surface area (Å²) in [6, 6.07) is 0. The Bertz CT molecular complexity index is 327. The van der Waals surface area contributed by atoms with Crippen LogP contribution < -0.4 is 0 Å². The first-order chi connectivity index (χ1) is 7.85. The van der Waals surface area contributed by atoms with Crippen LogP contribution in [-0.4, -0.2) is 28.0 Å². The highest BCUT2D eigenvalue weighted by Crippen LogP contribution is 2.35. The molecular weight excluding hydrogens is 247 g/mol. The van der Waals surface area contributed by atoms with Gasteiger partial charge in [0.15, 0.2) is 11.6 Å². The molecule has 0 bridgehead atoms. The number of carbonyl (C=O) groups excluding carboxylic acids is 2. The fourth-order valence-electron chi connectivity index (χ4n) is 0.767. The first-order valence-electron chi connectivity index (χ1n) is 4.99. The van der Waals surface area contributed by atoms with Gasteiger partial charge in [-0.2, -0.15) is 0 Å². The van der Waals surface area contributed by atoms with Gasteiger partial charge < -0.3 is 9.79 Å². The molecule has 6 nitrogen and oxygen atoms in total. The largest absolute Gasteiger partial charge is 0.469 e. The lowest BCUT2D eigenvalue weighted by Gasteiger charge is -2.02. The van der Waals surface area contributed by atoms with Crippen molar-refractivity contribution in [3.63, 3.8) is 0 Å². The van der Waals surface area contributed by atoms with Crippen molar-refractivity contribution in [3.8, 4) is 0 Å². The normalized spacial score (nSPS) is 14.5. The van der Waals surface area contributed by atoms with Gasteiger partial charge in [0.05, 0.1) is 6.61 Å². The van der Waals surface area contributed by atoms with E-state index in [0.717, 1.165) is 6.42 Å². The third-order valence-electron chi connectivity index (χ3n) is 1.58. The topological polar surface area (TPSA) is 101 Å². The quantitative estimate of drug-likeness (QED) is 0.447. The molecule has 0 heterocycles. The smallest absolute Gasteiger partial charge is 0.303 e. The number of unbranched alkanes of at least 4 members (excludes halogenated alkanes) is 1. The lowest BCUT2D eigenvalue weighted by molar-refractivity contribution is -0.113. The summed E-state index contributed by atoms with van der Waals surface area (Å²) in [6.07, 6.45) is 6.57. The van der Waals surface area contributed by atoms with Crippen molar-refractivity contribution in [3.05, 3.63) is 24.3 Å². The molecule has 0 spiro atoms. The minimum Gasteiger partial charge on any atom is -0.303 e. The van der Waals surface area contributed by atoms with Gasteiger partial charge >= 0.3 is 7.82 Å². The van der Waals surface area contributed by atoms with E-state index in [1.807, 2.05) is 6.92 Å². The SMILES string of the molecule is CCCCOP(=O)(O)O.O=C1C=CC(=O)C=C1. The molecule has 96 valence electrons. The Labute approximate surface area is 99.2 Å². The van der Waals surface area contributed by atoms with Gasteiger partial charge in [0.25, 0.3) is 0 Å². The van der Waals surface area contributed by atoms with Crippen LogP contribution in [0.2, 0.25) is 0 Å². The van der Waals surface area contributed by atoms with Gasteiger partial charge in [-0.1, -0.05) is 13.3 Å². The lowest BCUT2D eigenvalue weighted by atomic mass is 10.2. The van der Waals surface area contributed by atoms with Gasteiger partial charge in [-0.25, -0.2) is 4.57 Å². The summed E-state index contributed by atoms with van der Waals surface area (Å²) < 4.78 is 14.1. The van der Waals surface area contributed by atoms with E-state index in [-0.39, 0.29) is 18.2 Å². The molecule has 0 aromatic heterocycles. The fraction of sp³-hybridized carbons (Fsp3) is 0.400. The molecular formula is C10H15O6P. The number of ketones is 2. The van der Waals surface area contributed by atoms with Gasteiger partial charge in [0, 0.05) is 0 Å². The van der Waals surface area contributed by atoms with Gasteiger partial charge in [-0.15, -0.1) is 0 Å². The van der Waals surface area contributed by atoms with Crippen molar-refractivity contribution in [1.82, 2.24) is 0 Å². The minimum absolute atomic E-state index is 0.121. The first-order valence-corrected chi connectivity index (χ1v) is 6.52. The second-order valence-electron chi connectivity index (χ2n) is 3.15. The predicted molar refractivity (Wildman–Crippen MR) is 61.2 cm³/mol. The molecule has 0 unspecified atom stereocenters. The molecule has 0 aromatic rings. The van der Waals surface area contributed by atoms with Crippen molar-refractivity contribution >= 4 is 19.4 Å². The second kappa shape index (κ2) is 8.08. The highest BCUT2D eigenvalue weighted by atomic mass is 31.2. The van der Waals surface area contributed by atoms with E-state index in [1.165, 1.54) is 24.3 Å². The molecule has 1 aliphatic carbocycles. The van der Waals surface area contributed by atoms with E-state index in [4.69, 9.17) is 9.79 Å². The maximum Gasteiger partial charge on any atom is 0.469 e. The summed E-state index contributed by atoms with van der Waals surface area (Å²) in [5.74, 6) is -0.241. The number of phosphoric ester groups is 1. The van der Waals surface area contributed by atoms with Crippen LogP contribution in [0.25, 0.3) is 0 Å². The second-order valence-corrected chi connectivity index (χ2v) is 4.39. The Morgan fingerprint density at radius 2 is 1.53 bits per heavy atom. The van der Waals surface area contributed by atoms with Crippen molar-refractivity contribution in [2.75, 3.05) is 6.61 Å². The number of phosphoric acid groups is 1. The van der Waals surface area contributed by atoms with Crippen LogP contribution in [-0.2, 0) is 18.7 Å². The monoisotopic (exact) mass is 262 g/mol. The van der Waals surface area contributed by atoms with Crippen molar-refractivity contribution in [2.24, 2.45) is 0 Å². The molecule has 0 saturated heterocycles. The molecule has 2 N–H and O–H groups in total. The molecule has 0 aliphatic heterocycles. The molecule has 0 radical (unpaired) electrons. The average molecular weight is 262 g/mol. The first kappa shape index (κ1) is 15.9. The molecule has 1 rings (SSSR count). The summed E-state index contributed by atoms with van der Waals surface area (Å²) in [7, 11) is -4.20. The van der Waals surface area contributed by atoms with E-state index < -0.39 is 7.82 Å². The van der Waals surface area contributed by atoms with Crippen LogP contribution in [0.4, 0.5) is 0 Å². The van der Waals surface area contributed by atoms with Crippen molar-refractivity contribution in [2.45, 2.75) is 19.8 Å². The summed E-state index contributed by atoms with van der Waals surface area (Å²) in [5.41, 5.74) is 0. The Hall–Kier alpha value is -1.07. The molecule has 0 saturated carbocycles. The van der Waals surface area contributed by atoms with Crippen molar-refractivity contribution < 1.29 is 28.5 Å². The van der Waals surface area contributed by atoms with Crippen LogP contribution in [0.1, 0.15) is 19.8 Å². The highest BCUT2D eigenvalue weighted by molar-refractivity contribution is 7.46. The van der Waals surface area contributed by atoms with Crippen LogP contribution in [0, 0.1) is 0 Å². The Morgan fingerprint density at radius 3 is 1.82 bits per heavy atom. The summed E-state index contributed by atoms with van der Waals surface area (Å²) >= 11 is 0. The maximum atomic E-state index is 10.3. The van der Waals surface area contributed by atoms with Crippen LogP contribution in [0.3, 0.4) is 0 Å². The third-order valence-corrected chi connectivity index (χ3v) is 2.10. The molecule has 0 aromatic carbocycles. The average Bonchev–Trinajstić information content (AvgIpc) is 2.22. The molecule has 0 amide bonds. The van der Waals surface area contributed by atoms with Crippen LogP contribution in [0.15, 0.2) is 24.3 Å². The van der Waals surface area contributed by atoms with Gasteiger partial charge in [-0.05, 0) is 30.7 Å². The van der Waals surface area contributed by atoms with Crippen LogP contribution in [0.5, 0.6) is 0 Å². The molecule has 17 heavy (non-hydrogen) atoms. The molecule has 7 heteroatoms.